The zero-order valence-electron chi connectivity index (χ0n) is 21.5. The van der Waals surface area contributed by atoms with E-state index in [1.54, 1.807) is 10.6 Å². The van der Waals surface area contributed by atoms with Crippen LogP contribution in [0.4, 0.5) is 10.1 Å². The Bertz CT molecular complexity index is 1370. The second kappa shape index (κ2) is 10.1. The van der Waals surface area contributed by atoms with Gasteiger partial charge in [-0.25, -0.2) is 8.91 Å². The number of hydrogen-bond donors (Lipinski definition) is 4. The zero-order chi connectivity index (χ0) is 26.4. The Balaban J connectivity index is 0.00000336. The van der Waals surface area contributed by atoms with Gasteiger partial charge in [0.1, 0.15) is 12.2 Å². The fraction of sp³-hybridized carbons (Fsp3) is 0.481. The van der Waals surface area contributed by atoms with E-state index in [0.717, 1.165) is 44.0 Å². The number of aliphatic hydroxyl groups is 1. The maximum absolute atomic E-state index is 14.3. The van der Waals surface area contributed by atoms with Crippen LogP contribution in [0.1, 0.15) is 68.3 Å². The minimum atomic E-state index is -1.62. The number of pyridine rings is 1. The number of rotatable bonds is 7. The zero-order valence-corrected chi connectivity index (χ0v) is 22.3. The predicted octanol–water partition coefficient (Wildman–Crippen LogP) is 3.74. The number of nitrogens with one attached hydrogen (secondary N) is 2. The Hall–Kier alpha value is -3.26. The fourth-order valence-corrected chi connectivity index (χ4v) is 5.35. The van der Waals surface area contributed by atoms with Gasteiger partial charge in [-0.1, -0.05) is 0 Å². The van der Waals surface area contributed by atoms with Crippen molar-refractivity contribution in [3.05, 3.63) is 47.8 Å². The quantitative estimate of drug-likeness (QED) is 0.357. The average molecular weight is 542 g/mol. The SMILES string of the molecule is CC(C)(O)C(F)CNC(=O)c1cnc(-c2ccc3cc(C#N)cnn23)cc1NC12CCC(N)(CC1)CC2.Cl. The third-order valence-corrected chi connectivity index (χ3v) is 7.95. The summed E-state index contributed by atoms with van der Waals surface area (Å²) in [6.45, 7) is 2.41. The molecule has 0 radical (unpaired) electrons. The van der Waals surface area contributed by atoms with E-state index in [9.17, 15) is 19.6 Å². The molecule has 0 aromatic carbocycles. The van der Waals surface area contributed by atoms with Crippen LogP contribution >= 0.6 is 12.4 Å². The predicted molar refractivity (Wildman–Crippen MR) is 145 cm³/mol. The smallest absolute Gasteiger partial charge is 0.255 e. The van der Waals surface area contributed by atoms with Crippen molar-refractivity contribution in [1.82, 2.24) is 19.9 Å². The van der Waals surface area contributed by atoms with Gasteiger partial charge in [0.25, 0.3) is 5.91 Å². The summed E-state index contributed by atoms with van der Waals surface area (Å²) in [4.78, 5) is 17.7. The third-order valence-electron chi connectivity index (χ3n) is 7.95. The van der Waals surface area contributed by atoms with Crippen molar-refractivity contribution in [2.24, 2.45) is 5.73 Å². The van der Waals surface area contributed by atoms with E-state index in [0.29, 0.717) is 28.2 Å². The number of alkyl halides is 1. The van der Waals surface area contributed by atoms with Crippen LogP contribution in [0.15, 0.2) is 36.7 Å². The van der Waals surface area contributed by atoms with Crippen molar-refractivity contribution in [1.29, 1.82) is 5.26 Å². The van der Waals surface area contributed by atoms with Gasteiger partial charge in [-0.15, -0.1) is 12.4 Å². The molecule has 11 heteroatoms. The van der Waals surface area contributed by atoms with Gasteiger partial charge in [-0.3, -0.25) is 9.78 Å². The molecular formula is C27H33ClFN7O2. The third kappa shape index (κ3) is 5.32. The highest BCUT2D eigenvalue weighted by molar-refractivity contribution is 6.00. The molecule has 2 bridgehead atoms. The lowest BCUT2D eigenvalue weighted by atomic mass is 9.62. The normalized spacial score (nSPS) is 23.4. The van der Waals surface area contributed by atoms with Crippen molar-refractivity contribution in [3.8, 4) is 17.5 Å². The Morgan fingerprint density at radius 2 is 1.92 bits per heavy atom. The number of nitrogens with zero attached hydrogens (tertiary/aromatic N) is 4. The van der Waals surface area contributed by atoms with Gasteiger partial charge in [0, 0.05) is 17.3 Å². The summed E-state index contributed by atoms with van der Waals surface area (Å²) < 4.78 is 16.0. The molecule has 1 unspecified atom stereocenters. The van der Waals surface area contributed by atoms with E-state index in [-0.39, 0.29) is 30.0 Å². The van der Waals surface area contributed by atoms with E-state index in [1.165, 1.54) is 26.2 Å². The monoisotopic (exact) mass is 541 g/mol. The molecule has 3 aromatic heterocycles. The maximum Gasteiger partial charge on any atom is 0.255 e. The van der Waals surface area contributed by atoms with Gasteiger partial charge in [-0.2, -0.15) is 10.4 Å². The largest absolute Gasteiger partial charge is 0.387 e. The first kappa shape index (κ1) is 27.8. The van der Waals surface area contributed by atoms with Crippen LogP contribution < -0.4 is 16.4 Å². The molecule has 3 saturated carbocycles. The van der Waals surface area contributed by atoms with Gasteiger partial charge in [-0.05, 0) is 76.6 Å². The van der Waals surface area contributed by atoms with E-state index >= 15 is 0 Å². The molecule has 3 aliphatic rings. The van der Waals surface area contributed by atoms with Crippen molar-refractivity contribution in [3.63, 3.8) is 0 Å². The number of nitriles is 1. The van der Waals surface area contributed by atoms with Gasteiger partial charge in [0.15, 0.2) is 0 Å². The first-order valence-electron chi connectivity index (χ1n) is 12.6. The van der Waals surface area contributed by atoms with Crippen LogP contribution in [-0.2, 0) is 0 Å². The van der Waals surface area contributed by atoms with Crippen LogP contribution in [0.2, 0.25) is 0 Å². The molecule has 202 valence electrons. The summed E-state index contributed by atoms with van der Waals surface area (Å²) in [5, 5.41) is 29.7. The molecular weight excluding hydrogens is 509 g/mol. The molecule has 38 heavy (non-hydrogen) atoms. The summed E-state index contributed by atoms with van der Waals surface area (Å²) in [6, 6.07) is 9.39. The number of nitrogens with two attached hydrogens (primary N) is 1. The number of carbonyl (C=O) groups is 1. The maximum atomic E-state index is 14.3. The molecule has 0 saturated heterocycles. The molecule has 1 amide bonds. The summed E-state index contributed by atoms with van der Waals surface area (Å²) in [6.07, 6.45) is 6.83. The van der Waals surface area contributed by atoms with E-state index in [4.69, 9.17) is 5.73 Å². The Labute approximate surface area is 227 Å². The first-order valence-corrected chi connectivity index (χ1v) is 12.6. The van der Waals surface area contributed by atoms with Crippen LogP contribution in [0, 0.1) is 11.3 Å². The number of amides is 1. The Kier molecular flexibility index (Phi) is 7.40. The first-order chi connectivity index (χ1) is 17.5. The van der Waals surface area contributed by atoms with Gasteiger partial charge >= 0.3 is 0 Å². The van der Waals surface area contributed by atoms with Crippen LogP contribution in [0.5, 0.6) is 0 Å². The molecule has 3 aliphatic carbocycles. The number of fused-ring (bicyclic) bond motifs is 4. The molecule has 0 spiro atoms. The second-order valence-corrected chi connectivity index (χ2v) is 11.1. The summed E-state index contributed by atoms with van der Waals surface area (Å²) in [7, 11) is 0. The van der Waals surface area contributed by atoms with Crippen molar-refractivity contribution < 1.29 is 14.3 Å². The Morgan fingerprint density at radius 3 is 2.55 bits per heavy atom. The molecule has 0 aliphatic heterocycles. The average Bonchev–Trinajstić information content (AvgIpc) is 3.30. The van der Waals surface area contributed by atoms with E-state index < -0.39 is 17.7 Å². The molecule has 1 atom stereocenters. The highest BCUT2D eigenvalue weighted by Crippen LogP contribution is 2.47. The second-order valence-electron chi connectivity index (χ2n) is 11.1. The van der Waals surface area contributed by atoms with Crippen molar-refractivity contribution >= 4 is 29.5 Å². The molecule has 6 rings (SSSR count). The lowest BCUT2D eigenvalue weighted by molar-refractivity contribution is -0.00177. The fourth-order valence-electron chi connectivity index (χ4n) is 5.35. The summed E-state index contributed by atoms with van der Waals surface area (Å²) in [5.41, 5.74) is 8.11. The van der Waals surface area contributed by atoms with Crippen LogP contribution in [-0.4, -0.2) is 55.0 Å². The standard InChI is InChI=1S/C27H32FN7O2.ClH/c1-25(2,37)23(28)16-32-24(36)19-15-31-21(22-4-3-18-11-17(13-29)14-33-35(18)22)12-20(19)34-27-8-5-26(30,6-9-27)7-10-27;/h3-4,11-12,14-15,23,37H,5-10,16,30H2,1-2H3,(H,31,34)(H,32,36);1H. The topological polar surface area (TPSA) is 141 Å². The number of halogens is 2. The summed E-state index contributed by atoms with van der Waals surface area (Å²) >= 11 is 0. The molecule has 9 nitrogen and oxygen atoms in total. The highest BCUT2D eigenvalue weighted by Gasteiger charge is 2.47. The van der Waals surface area contributed by atoms with E-state index in [1.807, 2.05) is 18.2 Å². The lowest BCUT2D eigenvalue weighted by Crippen LogP contribution is -2.58. The van der Waals surface area contributed by atoms with Crippen molar-refractivity contribution in [2.75, 3.05) is 11.9 Å². The van der Waals surface area contributed by atoms with Crippen molar-refractivity contribution in [2.45, 2.75) is 75.2 Å². The van der Waals surface area contributed by atoms with Gasteiger partial charge < -0.3 is 21.5 Å². The molecule has 3 heterocycles. The molecule has 3 aromatic rings. The van der Waals surface area contributed by atoms with Crippen LogP contribution in [0.25, 0.3) is 16.9 Å². The number of anilines is 1. The number of carbonyl (C=O) groups excluding carboxylic acids is 1. The van der Waals surface area contributed by atoms with E-state index in [2.05, 4.69) is 26.8 Å². The number of aromatic nitrogens is 3. The highest BCUT2D eigenvalue weighted by atomic mass is 35.5. The van der Waals surface area contributed by atoms with Gasteiger partial charge in [0.05, 0.1) is 52.1 Å². The molecule has 3 fully saturated rings. The lowest BCUT2D eigenvalue weighted by Gasteiger charge is -2.52. The molecule has 5 N–H and O–H groups in total. The van der Waals surface area contributed by atoms with Crippen LogP contribution in [0.3, 0.4) is 0 Å². The van der Waals surface area contributed by atoms with Gasteiger partial charge in [0.2, 0.25) is 0 Å². The number of hydrogen-bond acceptors (Lipinski definition) is 7. The minimum absolute atomic E-state index is 0. The minimum Gasteiger partial charge on any atom is -0.387 e. The Morgan fingerprint density at radius 1 is 1.24 bits per heavy atom. The summed E-state index contributed by atoms with van der Waals surface area (Å²) in [5.74, 6) is -0.471.